The Labute approximate surface area is 129 Å². The summed E-state index contributed by atoms with van der Waals surface area (Å²) in [5, 5.41) is 10.8. The molecule has 2 N–H and O–H groups in total. The van der Waals surface area contributed by atoms with Crippen molar-refractivity contribution in [2.45, 2.75) is 20.0 Å². The molecule has 0 unspecified atom stereocenters. The number of halogens is 1. The monoisotopic (exact) mass is 306 g/mol. The van der Waals surface area contributed by atoms with E-state index in [1.807, 2.05) is 44.3 Å². The molecule has 1 aromatic heterocycles. The van der Waals surface area contributed by atoms with Gasteiger partial charge in [-0.15, -0.1) is 0 Å². The molecular formula is C15H19ClN4O. The molecule has 0 spiro atoms. The van der Waals surface area contributed by atoms with Crippen molar-refractivity contribution in [1.82, 2.24) is 20.4 Å². The van der Waals surface area contributed by atoms with E-state index in [4.69, 9.17) is 11.6 Å². The standard InChI is InChI=1S/C15H19ClN4O/c1-11-15(16)13(20(2)19-11)9-17-10-14(21)18-8-12-6-4-3-5-7-12/h3-7,17H,8-10H2,1-2H3,(H,18,21). The number of carbonyl (C=O) groups is 1. The van der Waals surface area contributed by atoms with Crippen LogP contribution in [-0.2, 0) is 24.9 Å². The van der Waals surface area contributed by atoms with E-state index in [0.717, 1.165) is 17.0 Å². The van der Waals surface area contributed by atoms with Crippen LogP contribution in [0.4, 0.5) is 0 Å². The minimum Gasteiger partial charge on any atom is -0.351 e. The first kappa shape index (κ1) is 15.5. The maximum atomic E-state index is 11.8. The van der Waals surface area contributed by atoms with Crippen molar-refractivity contribution in [1.29, 1.82) is 0 Å². The Kier molecular flexibility index (Phi) is 5.36. The van der Waals surface area contributed by atoms with Gasteiger partial charge in [0.25, 0.3) is 0 Å². The summed E-state index contributed by atoms with van der Waals surface area (Å²) in [5.41, 5.74) is 2.76. The molecule has 0 atom stereocenters. The molecule has 2 aromatic rings. The zero-order valence-electron chi connectivity index (χ0n) is 12.2. The van der Waals surface area contributed by atoms with E-state index in [2.05, 4.69) is 15.7 Å². The lowest BCUT2D eigenvalue weighted by atomic mass is 10.2. The van der Waals surface area contributed by atoms with E-state index >= 15 is 0 Å². The summed E-state index contributed by atoms with van der Waals surface area (Å²) in [5.74, 6) is -0.0473. The molecule has 0 fully saturated rings. The average molecular weight is 307 g/mol. The molecule has 0 aliphatic rings. The molecule has 6 heteroatoms. The number of carbonyl (C=O) groups excluding carboxylic acids is 1. The molecule has 5 nitrogen and oxygen atoms in total. The van der Waals surface area contributed by atoms with Crippen LogP contribution in [0.15, 0.2) is 30.3 Å². The number of aromatic nitrogens is 2. The zero-order chi connectivity index (χ0) is 15.2. The fourth-order valence-corrected chi connectivity index (χ4v) is 2.25. The van der Waals surface area contributed by atoms with Gasteiger partial charge in [0, 0.05) is 20.1 Å². The van der Waals surface area contributed by atoms with Crippen LogP contribution >= 0.6 is 11.6 Å². The van der Waals surface area contributed by atoms with Crippen LogP contribution in [0.3, 0.4) is 0 Å². The maximum absolute atomic E-state index is 11.8. The van der Waals surface area contributed by atoms with Crippen molar-refractivity contribution in [3.05, 3.63) is 52.3 Å². The summed E-state index contributed by atoms with van der Waals surface area (Å²) in [7, 11) is 1.84. The molecule has 21 heavy (non-hydrogen) atoms. The fraction of sp³-hybridized carbons (Fsp3) is 0.333. The zero-order valence-corrected chi connectivity index (χ0v) is 12.9. The smallest absolute Gasteiger partial charge is 0.234 e. The summed E-state index contributed by atoms with van der Waals surface area (Å²) >= 11 is 6.15. The van der Waals surface area contributed by atoms with Crippen molar-refractivity contribution in [2.24, 2.45) is 7.05 Å². The Morgan fingerprint density at radius 2 is 2.00 bits per heavy atom. The number of nitrogens with zero attached hydrogens (tertiary/aromatic N) is 2. The van der Waals surface area contributed by atoms with Crippen LogP contribution in [-0.4, -0.2) is 22.2 Å². The van der Waals surface area contributed by atoms with Crippen LogP contribution in [0, 0.1) is 6.92 Å². The minimum atomic E-state index is -0.0473. The van der Waals surface area contributed by atoms with Crippen molar-refractivity contribution in [3.8, 4) is 0 Å². The average Bonchev–Trinajstić information content (AvgIpc) is 2.72. The topological polar surface area (TPSA) is 59.0 Å². The molecule has 0 radical (unpaired) electrons. The van der Waals surface area contributed by atoms with E-state index in [9.17, 15) is 4.79 Å². The molecule has 1 aromatic carbocycles. The van der Waals surface area contributed by atoms with Gasteiger partial charge < -0.3 is 10.6 Å². The van der Waals surface area contributed by atoms with Gasteiger partial charge in [-0.1, -0.05) is 41.9 Å². The molecule has 1 heterocycles. The lowest BCUT2D eigenvalue weighted by Gasteiger charge is -2.07. The fourth-order valence-electron chi connectivity index (χ4n) is 2.03. The summed E-state index contributed by atoms with van der Waals surface area (Å²) in [6.45, 7) is 3.15. The Bertz CT molecular complexity index is 610. The number of hydrogen-bond acceptors (Lipinski definition) is 3. The second kappa shape index (κ2) is 7.24. The quantitative estimate of drug-likeness (QED) is 0.855. The van der Waals surface area contributed by atoms with Gasteiger partial charge >= 0.3 is 0 Å². The number of hydrogen-bond donors (Lipinski definition) is 2. The molecule has 112 valence electrons. The Hall–Kier alpha value is -1.85. The second-order valence-electron chi connectivity index (χ2n) is 4.84. The molecule has 0 saturated heterocycles. The first-order chi connectivity index (χ1) is 10.1. The number of benzene rings is 1. The van der Waals surface area contributed by atoms with E-state index in [1.54, 1.807) is 4.68 Å². The summed E-state index contributed by atoms with van der Waals surface area (Å²) in [6, 6.07) is 9.81. The van der Waals surface area contributed by atoms with Gasteiger partial charge in [-0.05, 0) is 12.5 Å². The van der Waals surface area contributed by atoms with Gasteiger partial charge in [-0.25, -0.2) is 0 Å². The largest absolute Gasteiger partial charge is 0.351 e. The Balaban J connectivity index is 1.74. The molecule has 0 aliphatic carbocycles. The lowest BCUT2D eigenvalue weighted by molar-refractivity contribution is -0.120. The first-order valence-electron chi connectivity index (χ1n) is 6.77. The van der Waals surface area contributed by atoms with Crippen LogP contribution in [0.25, 0.3) is 0 Å². The summed E-state index contributed by atoms with van der Waals surface area (Å²) < 4.78 is 1.73. The van der Waals surface area contributed by atoms with Gasteiger partial charge in [-0.3, -0.25) is 9.48 Å². The third-order valence-electron chi connectivity index (χ3n) is 3.17. The minimum absolute atomic E-state index is 0.0473. The molecule has 0 bridgehead atoms. The molecular weight excluding hydrogens is 288 g/mol. The first-order valence-corrected chi connectivity index (χ1v) is 7.15. The number of amides is 1. The van der Waals surface area contributed by atoms with Gasteiger partial charge in [0.05, 0.1) is 23.0 Å². The maximum Gasteiger partial charge on any atom is 0.234 e. The highest BCUT2D eigenvalue weighted by atomic mass is 35.5. The Morgan fingerprint density at radius 1 is 1.29 bits per heavy atom. The second-order valence-corrected chi connectivity index (χ2v) is 5.21. The van der Waals surface area contributed by atoms with Crippen LogP contribution in [0.5, 0.6) is 0 Å². The van der Waals surface area contributed by atoms with E-state index in [0.29, 0.717) is 18.1 Å². The highest BCUT2D eigenvalue weighted by molar-refractivity contribution is 6.31. The number of aryl methyl sites for hydroxylation is 2. The van der Waals surface area contributed by atoms with Gasteiger partial charge in [0.15, 0.2) is 0 Å². The molecule has 0 aliphatic heterocycles. The summed E-state index contributed by atoms with van der Waals surface area (Å²) in [6.07, 6.45) is 0. The van der Waals surface area contributed by atoms with Gasteiger partial charge in [-0.2, -0.15) is 5.10 Å². The van der Waals surface area contributed by atoms with E-state index < -0.39 is 0 Å². The molecule has 0 saturated carbocycles. The van der Waals surface area contributed by atoms with E-state index in [-0.39, 0.29) is 12.5 Å². The number of nitrogens with one attached hydrogen (secondary N) is 2. The molecule has 2 rings (SSSR count). The van der Waals surface area contributed by atoms with Crippen molar-refractivity contribution >= 4 is 17.5 Å². The predicted octanol–water partition coefficient (Wildman–Crippen LogP) is 1.79. The van der Waals surface area contributed by atoms with Crippen LogP contribution in [0.2, 0.25) is 5.02 Å². The van der Waals surface area contributed by atoms with E-state index in [1.165, 1.54) is 0 Å². The highest BCUT2D eigenvalue weighted by Crippen LogP contribution is 2.18. The summed E-state index contributed by atoms with van der Waals surface area (Å²) in [4.78, 5) is 11.8. The van der Waals surface area contributed by atoms with Crippen molar-refractivity contribution < 1.29 is 4.79 Å². The van der Waals surface area contributed by atoms with Crippen molar-refractivity contribution in [3.63, 3.8) is 0 Å². The SMILES string of the molecule is Cc1nn(C)c(CNCC(=O)NCc2ccccc2)c1Cl. The normalized spacial score (nSPS) is 10.6. The Morgan fingerprint density at radius 3 is 2.62 bits per heavy atom. The third kappa shape index (κ3) is 4.31. The lowest BCUT2D eigenvalue weighted by Crippen LogP contribution is -2.33. The van der Waals surface area contributed by atoms with Crippen LogP contribution in [0.1, 0.15) is 17.0 Å². The van der Waals surface area contributed by atoms with Crippen molar-refractivity contribution in [2.75, 3.05) is 6.54 Å². The van der Waals surface area contributed by atoms with Gasteiger partial charge in [0.2, 0.25) is 5.91 Å². The third-order valence-corrected chi connectivity index (χ3v) is 3.66. The molecule has 1 amide bonds. The number of rotatable bonds is 6. The van der Waals surface area contributed by atoms with Crippen LogP contribution < -0.4 is 10.6 Å². The predicted molar refractivity (Wildman–Crippen MR) is 83.0 cm³/mol. The van der Waals surface area contributed by atoms with Gasteiger partial charge in [0.1, 0.15) is 0 Å². The highest BCUT2D eigenvalue weighted by Gasteiger charge is 2.10.